The van der Waals surface area contributed by atoms with Gasteiger partial charge in [0.05, 0.1) is 18.2 Å². The molecule has 330 valence electrons. The lowest BCUT2D eigenvalue weighted by atomic mass is 9.35. The van der Waals surface area contributed by atoms with Crippen molar-refractivity contribution in [1.82, 2.24) is 0 Å². The molecule has 0 radical (unpaired) electrons. The smallest absolute Gasteiger partial charge is 0.297 e. The van der Waals surface area contributed by atoms with Gasteiger partial charge >= 0.3 is 0 Å². The molecule has 0 bridgehead atoms. The van der Waals surface area contributed by atoms with Gasteiger partial charge in [-0.15, -0.1) is 0 Å². The highest BCUT2D eigenvalue weighted by molar-refractivity contribution is 7.00. The summed E-state index contributed by atoms with van der Waals surface area (Å²) >= 11 is 0. The summed E-state index contributed by atoms with van der Waals surface area (Å²) in [4.78, 5) is 6.62. The van der Waals surface area contributed by atoms with Crippen LogP contribution in [0.15, 0.2) is 156 Å². The van der Waals surface area contributed by atoms with Crippen molar-refractivity contribution >= 4 is 85.5 Å². The number of para-hydroxylation sites is 2. The molecule has 0 spiro atoms. The number of aryl methyl sites for hydroxylation is 1. The van der Waals surface area contributed by atoms with Gasteiger partial charge in [0.2, 0.25) is 0 Å². The number of hydrogen-bond acceptors (Lipinski definition) is 4. The highest BCUT2D eigenvalue weighted by Crippen LogP contribution is 2.52. The maximum atomic E-state index is 9.25. The van der Waals surface area contributed by atoms with Crippen molar-refractivity contribution in [2.75, 3.05) is 14.7 Å². The van der Waals surface area contributed by atoms with Gasteiger partial charge in [0.1, 0.15) is 5.58 Å². The van der Waals surface area contributed by atoms with E-state index in [4.69, 9.17) is 8.53 Å². The molecule has 0 unspecified atom stereocenters. The van der Waals surface area contributed by atoms with Gasteiger partial charge in [-0.05, 0) is 165 Å². The second-order valence-electron chi connectivity index (χ2n) is 22.3. The van der Waals surface area contributed by atoms with Crippen LogP contribution in [0.3, 0.4) is 0 Å². The van der Waals surface area contributed by atoms with Crippen LogP contribution >= 0.6 is 0 Å². The van der Waals surface area contributed by atoms with E-state index in [1.807, 2.05) is 41.3 Å². The number of anilines is 9. The SMILES string of the molecule is [2H]c1c([2H])c([2H])c(N(c2ccccc2)c2ccc3c(c2)N(c2ccc(C(C)(C)C)cc2)c2cc(C)cc4c2B3c2oc3cc5c(cc3c2N4c2ccc(C(C)(C)C)cc2)C(C)(C)CCC5(C)C)c([2H])c1[2H]. The normalized spacial score (nSPS) is 16.9. The minimum Gasteiger partial charge on any atom is -0.468 e. The minimum absolute atomic E-state index is 0.0240. The first kappa shape index (κ1) is 36.7. The molecule has 5 heteroatoms. The van der Waals surface area contributed by atoms with E-state index in [0.717, 1.165) is 80.1 Å². The predicted octanol–water partition coefficient (Wildman–Crippen LogP) is 15.2. The molecule has 11 rings (SSSR count). The number of hydrogen-bond donors (Lipinski definition) is 0. The third kappa shape index (κ3) is 6.71. The lowest BCUT2D eigenvalue weighted by Crippen LogP contribution is -2.61. The Hall–Kier alpha value is -6.46. The van der Waals surface area contributed by atoms with Gasteiger partial charge in [0, 0.05) is 50.9 Å². The van der Waals surface area contributed by atoms with Crippen LogP contribution < -0.4 is 31.3 Å². The maximum absolute atomic E-state index is 9.25. The summed E-state index contributed by atoms with van der Waals surface area (Å²) in [5, 5.41) is 1.09. The first-order chi connectivity index (χ1) is 33.5. The van der Waals surface area contributed by atoms with Gasteiger partial charge in [0.25, 0.3) is 6.71 Å². The van der Waals surface area contributed by atoms with Crippen molar-refractivity contribution < 1.29 is 11.3 Å². The second-order valence-corrected chi connectivity index (χ2v) is 22.3. The van der Waals surface area contributed by atoms with Crippen LogP contribution in [0.25, 0.3) is 11.0 Å². The van der Waals surface area contributed by atoms with Crippen molar-refractivity contribution in [3.63, 3.8) is 0 Å². The molecule has 4 nitrogen and oxygen atoms in total. The molecule has 0 fully saturated rings. The fourth-order valence-corrected chi connectivity index (χ4v) is 10.9. The van der Waals surface area contributed by atoms with E-state index >= 15 is 0 Å². The van der Waals surface area contributed by atoms with Crippen LogP contribution in [-0.2, 0) is 21.7 Å². The average molecular weight is 869 g/mol. The number of fused-ring (bicyclic) bond motifs is 7. The Morgan fingerprint density at radius 1 is 0.591 bits per heavy atom. The van der Waals surface area contributed by atoms with E-state index in [9.17, 15) is 2.74 Å². The molecule has 2 aliphatic heterocycles. The number of rotatable bonds is 5. The van der Waals surface area contributed by atoms with Crippen LogP contribution in [-0.4, -0.2) is 6.71 Å². The summed E-state index contributed by atoms with van der Waals surface area (Å²) in [5.74, 6) is 0. The van der Waals surface area contributed by atoms with Gasteiger partial charge in [-0.2, -0.15) is 0 Å². The van der Waals surface area contributed by atoms with Gasteiger partial charge in [0.15, 0.2) is 0 Å². The van der Waals surface area contributed by atoms with Crippen LogP contribution in [0.5, 0.6) is 0 Å². The zero-order valence-corrected chi connectivity index (χ0v) is 40.3. The molecule has 1 aromatic heterocycles. The molecule has 0 amide bonds. The largest absolute Gasteiger partial charge is 0.468 e. The molecule has 0 saturated heterocycles. The summed E-state index contributed by atoms with van der Waals surface area (Å²) in [5.41, 5.74) is 17.6. The van der Waals surface area contributed by atoms with E-state index in [-0.39, 0.29) is 58.2 Å². The van der Waals surface area contributed by atoms with Crippen LogP contribution in [0.2, 0.25) is 0 Å². The molecule has 66 heavy (non-hydrogen) atoms. The zero-order chi connectivity index (χ0) is 50.4. The van der Waals surface area contributed by atoms with E-state index in [1.54, 1.807) is 0 Å². The Morgan fingerprint density at radius 2 is 1.15 bits per heavy atom. The molecule has 1 aliphatic carbocycles. The Morgan fingerprint density at radius 3 is 1.74 bits per heavy atom. The van der Waals surface area contributed by atoms with Gasteiger partial charge < -0.3 is 19.1 Å². The maximum Gasteiger partial charge on any atom is 0.297 e. The molecule has 8 aromatic rings. The summed E-state index contributed by atoms with van der Waals surface area (Å²) in [7, 11) is 0. The van der Waals surface area contributed by atoms with Crippen molar-refractivity contribution in [2.45, 2.75) is 111 Å². The quantitative estimate of drug-likeness (QED) is 0.161. The Labute approximate surface area is 400 Å². The topological polar surface area (TPSA) is 22.9 Å². The summed E-state index contributed by atoms with van der Waals surface area (Å²) < 4.78 is 52.0. The highest BCUT2D eigenvalue weighted by atomic mass is 16.3. The monoisotopic (exact) mass is 869 g/mol. The number of benzene rings is 7. The molecule has 0 saturated carbocycles. The standard InChI is InChI=1S/C61H62BN3O/c1-39-34-52-55-53(35-39)65(45-28-24-41(25-29-45)59(5,6)7)56-47-37-48-49(61(10,11)33-32-60(48,8)9)38-54(47)66-57(56)62(55)50-31-30-46(63(42-18-14-12-15-19-42)43-20-16-13-17-21-43)36-51(50)64(52)44-26-22-40(23-27-44)58(2,3)4/h12-31,34-38H,32-33H2,1-11H3/i12D,14D,15D,18D,19D. The first-order valence-electron chi connectivity index (χ1n) is 26.1. The molecular weight excluding hydrogens is 802 g/mol. The molecular formula is C61H62BN3O. The first-order valence-corrected chi connectivity index (χ1v) is 23.6. The Balaban J connectivity index is 1.24. The van der Waals surface area contributed by atoms with E-state index in [1.165, 1.54) is 22.3 Å². The molecule has 3 heterocycles. The van der Waals surface area contributed by atoms with Crippen molar-refractivity contribution in [1.29, 1.82) is 0 Å². The molecule has 7 aromatic carbocycles. The van der Waals surface area contributed by atoms with Crippen LogP contribution in [0.4, 0.5) is 51.2 Å². The van der Waals surface area contributed by atoms with Crippen molar-refractivity contribution in [2.24, 2.45) is 0 Å². The fourth-order valence-electron chi connectivity index (χ4n) is 10.9. The highest BCUT2D eigenvalue weighted by Gasteiger charge is 2.48. The Kier molecular flexibility index (Phi) is 8.22. The van der Waals surface area contributed by atoms with Crippen LogP contribution in [0, 0.1) is 6.92 Å². The second kappa shape index (κ2) is 14.8. The zero-order valence-electron chi connectivity index (χ0n) is 45.3. The lowest BCUT2D eigenvalue weighted by molar-refractivity contribution is 0.332. The number of nitrogens with zero attached hydrogens (tertiary/aromatic N) is 3. The van der Waals surface area contributed by atoms with E-state index in [0.29, 0.717) is 11.4 Å². The molecule has 0 atom stereocenters. The summed E-state index contributed by atoms with van der Waals surface area (Å²) in [6, 6.07) is 41.5. The van der Waals surface area contributed by atoms with Crippen molar-refractivity contribution in [3.8, 4) is 0 Å². The fraction of sp³-hybridized carbons (Fsp3) is 0.279. The minimum atomic E-state index is -0.430. The predicted molar refractivity (Wildman–Crippen MR) is 282 cm³/mol. The average Bonchev–Trinajstić information content (AvgIpc) is 3.70. The van der Waals surface area contributed by atoms with E-state index < -0.39 is 6.04 Å². The number of furan rings is 1. The van der Waals surface area contributed by atoms with Gasteiger partial charge in [-0.25, -0.2) is 0 Å². The van der Waals surface area contributed by atoms with Crippen molar-refractivity contribution in [3.05, 3.63) is 179 Å². The van der Waals surface area contributed by atoms with Gasteiger partial charge in [-0.1, -0.05) is 136 Å². The van der Waals surface area contributed by atoms with Crippen LogP contribution in [0.1, 0.15) is 117 Å². The summed E-state index contributed by atoms with van der Waals surface area (Å²) in [6.07, 6.45) is 2.18. The lowest BCUT2D eigenvalue weighted by Gasteiger charge is -2.43. The molecule has 0 N–H and O–H groups in total. The van der Waals surface area contributed by atoms with E-state index in [2.05, 4.69) is 171 Å². The third-order valence-corrected chi connectivity index (χ3v) is 14.7. The summed E-state index contributed by atoms with van der Waals surface area (Å²) in [6.45, 7) is 24.8. The molecule has 3 aliphatic rings. The Bertz CT molecular complexity index is 3450. The van der Waals surface area contributed by atoms with Gasteiger partial charge in [-0.3, -0.25) is 0 Å². The third-order valence-electron chi connectivity index (χ3n) is 14.7.